The number of fused-ring (bicyclic) bond motifs is 2. The van der Waals surface area contributed by atoms with E-state index in [0.29, 0.717) is 45.8 Å². The molecule has 51 heavy (non-hydrogen) atoms. The fourth-order valence-corrected chi connectivity index (χ4v) is 5.95. The number of morpholine rings is 1. The van der Waals surface area contributed by atoms with Crippen LogP contribution >= 0.6 is 0 Å². The number of imide groups is 2. The molecule has 2 aliphatic rings. The number of amides is 4. The SMILES string of the molecule is COc1cc2c(Oc3ccc(N/C=C4\C(=O)NC(=O)N(c5ccnc6c5ccn6C)C4=O)cc3F)ccnc2cc1OCCCN1CCOCC1. The van der Waals surface area contributed by atoms with Gasteiger partial charge in [-0.1, -0.05) is 0 Å². The van der Waals surface area contributed by atoms with Crippen LogP contribution in [0.3, 0.4) is 0 Å². The molecular formula is C36H34FN7O7. The van der Waals surface area contributed by atoms with E-state index in [4.69, 9.17) is 18.9 Å². The predicted octanol–water partition coefficient (Wildman–Crippen LogP) is 4.74. The second-order valence-corrected chi connectivity index (χ2v) is 11.8. The molecule has 5 aromatic rings. The Bertz CT molecular complexity index is 2180. The number of hydrogen-bond donors (Lipinski definition) is 2. The second kappa shape index (κ2) is 14.4. The van der Waals surface area contributed by atoms with Gasteiger partial charge in [-0.25, -0.2) is 19.1 Å². The average molecular weight is 696 g/mol. The third kappa shape index (κ3) is 6.89. The Morgan fingerprint density at radius 1 is 0.961 bits per heavy atom. The molecule has 2 N–H and O–H groups in total. The molecule has 0 spiro atoms. The highest BCUT2D eigenvalue weighted by molar-refractivity contribution is 6.38. The maximum atomic E-state index is 15.4. The average Bonchev–Trinajstić information content (AvgIpc) is 3.52. The first-order chi connectivity index (χ1) is 24.8. The Labute approximate surface area is 291 Å². The summed E-state index contributed by atoms with van der Waals surface area (Å²) in [6, 6.07) is 11.5. The zero-order valence-corrected chi connectivity index (χ0v) is 27.8. The van der Waals surface area contributed by atoms with Crippen molar-refractivity contribution >= 4 is 51.2 Å². The lowest BCUT2D eigenvalue weighted by Gasteiger charge is -2.26. The number of urea groups is 1. The highest BCUT2D eigenvalue weighted by Crippen LogP contribution is 2.38. The van der Waals surface area contributed by atoms with Gasteiger partial charge in [0.05, 0.1) is 38.1 Å². The molecule has 2 aromatic carbocycles. The normalized spacial score (nSPS) is 16.2. The fourth-order valence-electron chi connectivity index (χ4n) is 5.95. The molecule has 262 valence electrons. The predicted molar refractivity (Wildman–Crippen MR) is 186 cm³/mol. The van der Waals surface area contributed by atoms with Crippen LogP contribution in [0.15, 0.2) is 78.9 Å². The number of rotatable bonds is 11. The third-order valence-electron chi connectivity index (χ3n) is 8.59. The summed E-state index contributed by atoms with van der Waals surface area (Å²) in [4.78, 5) is 50.8. The lowest BCUT2D eigenvalue weighted by molar-refractivity contribution is -0.122. The topological polar surface area (TPSA) is 149 Å². The van der Waals surface area contributed by atoms with Crippen LogP contribution in [0, 0.1) is 5.82 Å². The molecule has 0 bridgehead atoms. The first-order valence-electron chi connectivity index (χ1n) is 16.2. The number of carbonyl (C=O) groups is 3. The molecule has 14 nitrogen and oxygen atoms in total. The molecule has 0 radical (unpaired) electrons. The van der Waals surface area contributed by atoms with Crippen LogP contribution in [-0.4, -0.2) is 83.8 Å². The van der Waals surface area contributed by atoms with E-state index in [2.05, 4.69) is 25.5 Å². The van der Waals surface area contributed by atoms with Gasteiger partial charge in [-0.15, -0.1) is 0 Å². The third-order valence-corrected chi connectivity index (χ3v) is 8.59. The molecule has 0 atom stereocenters. The number of anilines is 2. The maximum absolute atomic E-state index is 15.4. The second-order valence-electron chi connectivity index (χ2n) is 11.8. The summed E-state index contributed by atoms with van der Waals surface area (Å²) in [5.74, 6) is -1.16. The molecule has 4 amide bonds. The minimum Gasteiger partial charge on any atom is -0.493 e. The number of aryl methyl sites for hydroxylation is 1. The van der Waals surface area contributed by atoms with Crippen molar-refractivity contribution in [3.63, 3.8) is 0 Å². The lowest BCUT2D eigenvalue weighted by atomic mass is 10.1. The summed E-state index contributed by atoms with van der Waals surface area (Å²) >= 11 is 0. The van der Waals surface area contributed by atoms with Gasteiger partial charge >= 0.3 is 6.03 Å². The molecule has 2 fully saturated rings. The summed E-state index contributed by atoms with van der Waals surface area (Å²) in [5, 5.41) is 6.10. The van der Waals surface area contributed by atoms with Crippen molar-refractivity contribution in [3.05, 3.63) is 84.7 Å². The first-order valence-corrected chi connectivity index (χ1v) is 16.2. The van der Waals surface area contributed by atoms with Gasteiger partial charge in [0, 0.05) is 80.1 Å². The molecule has 5 heterocycles. The number of nitrogens with zero attached hydrogens (tertiary/aromatic N) is 5. The Morgan fingerprint density at radius 3 is 2.59 bits per heavy atom. The zero-order chi connectivity index (χ0) is 35.5. The number of nitrogens with one attached hydrogen (secondary N) is 2. The van der Waals surface area contributed by atoms with E-state index in [0.717, 1.165) is 56.4 Å². The van der Waals surface area contributed by atoms with Gasteiger partial charge < -0.3 is 28.8 Å². The van der Waals surface area contributed by atoms with Crippen molar-refractivity contribution in [2.45, 2.75) is 6.42 Å². The molecule has 3 aromatic heterocycles. The fraction of sp³-hybridized carbons (Fsp3) is 0.250. The highest BCUT2D eigenvalue weighted by atomic mass is 19.1. The largest absolute Gasteiger partial charge is 0.493 e. The number of carbonyl (C=O) groups excluding carboxylic acids is 3. The summed E-state index contributed by atoms with van der Waals surface area (Å²) in [6.45, 7) is 4.72. The molecular weight excluding hydrogens is 661 g/mol. The summed E-state index contributed by atoms with van der Waals surface area (Å²) in [5.41, 5.74) is 1.26. The van der Waals surface area contributed by atoms with Crippen LogP contribution in [0.5, 0.6) is 23.0 Å². The Morgan fingerprint density at radius 2 is 1.78 bits per heavy atom. The molecule has 2 aliphatic heterocycles. The molecule has 15 heteroatoms. The van der Waals surface area contributed by atoms with E-state index < -0.39 is 23.7 Å². The van der Waals surface area contributed by atoms with Gasteiger partial charge in [0.15, 0.2) is 23.1 Å². The zero-order valence-electron chi connectivity index (χ0n) is 27.8. The van der Waals surface area contributed by atoms with E-state index in [-0.39, 0.29) is 22.7 Å². The number of halogens is 1. The molecule has 0 unspecified atom stereocenters. The van der Waals surface area contributed by atoms with Gasteiger partial charge in [-0.05, 0) is 42.8 Å². The smallest absolute Gasteiger partial charge is 0.335 e. The van der Waals surface area contributed by atoms with Crippen LogP contribution in [0.2, 0.25) is 0 Å². The van der Waals surface area contributed by atoms with Crippen LogP contribution in [0.25, 0.3) is 21.9 Å². The quantitative estimate of drug-likeness (QED) is 0.112. The minimum absolute atomic E-state index is 0.0732. The van der Waals surface area contributed by atoms with Crippen LogP contribution < -0.4 is 29.7 Å². The molecule has 0 saturated carbocycles. The van der Waals surface area contributed by atoms with Gasteiger partial charge in [-0.2, -0.15) is 0 Å². The monoisotopic (exact) mass is 695 g/mol. The Kier molecular flexibility index (Phi) is 9.46. The number of aromatic nitrogens is 3. The van der Waals surface area contributed by atoms with Crippen molar-refractivity contribution in [3.8, 4) is 23.0 Å². The van der Waals surface area contributed by atoms with E-state index in [9.17, 15) is 14.4 Å². The van der Waals surface area contributed by atoms with E-state index >= 15 is 4.39 Å². The van der Waals surface area contributed by atoms with Gasteiger partial charge in [0.2, 0.25) is 0 Å². The van der Waals surface area contributed by atoms with Crippen molar-refractivity contribution < 1.29 is 37.7 Å². The Hall–Kier alpha value is -6.06. The van der Waals surface area contributed by atoms with Crippen LogP contribution in [0.4, 0.5) is 20.6 Å². The van der Waals surface area contributed by atoms with Crippen molar-refractivity contribution in [1.29, 1.82) is 0 Å². The van der Waals surface area contributed by atoms with E-state index in [1.54, 1.807) is 55.4 Å². The van der Waals surface area contributed by atoms with E-state index in [1.165, 1.54) is 24.4 Å². The lowest BCUT2D eigenvalue weighted by Crippen LogP contribution is -2.54. The number of benzene rings is 2. The Balaban J connectivity index is 1.05. The number of barbiturate groups is 1. The molecule has 0 aliphatic carbocycles. The summed E-state index contributed by atoms with van der Waals surface area (Å²) < 4.78 is 40.2. The highest BCUT2D eigenvalue weighted by Gasteiger charge is 2.38. The molecule has 2 saturated heterocycles. The van der Waals surface area contributed by atoms with Crippen molar-refractivity contribution in [2.24, 2.45) is 7.05 Å². The van der Waals surface area contributed by atoms with Gasteiger partial charge in [0.1, 0.15) is 17.0 Å². The number of ether oxygens (including phenoxy) is 4. The van der Waals surface area contributed by atoms with Gasteiger partial charge in [-0.3, -0.25) is 24.8 Å². The van der Waals surface area contributed by atoms with Crippen LogP contribution in [-0.2, 0) is 21.4 Å². The minimum atomic E-state index is -0.894. The summed E-state index contributed by atoms with van der Waals surface area (Å²) in [7, 11) is 3.32. The van der Waals surface area contributed by atoms with E-state index in [1.807, 2.05) is 0 Å². The van der Waals surface area contributed by atoms with Gasteiger partial charge in [0.25, 0.3) is 11.8 Å². The number of methoxy groups -OCH3 is 1. The van der Waals surface area contributed by atoms with Crippen molar-refractivity contribution in [2.75, 3.05) is 56.8 Å². The maximum Gasteiger partial charge on any atom is 0.335 e. The van der Waals surface area contributed by atoms with Crippen LogP contribution in [0.1, 0.15) is 6.42 Å². The first kappa shape index (κ1) is 33.4. The molecule has 7 rings (SSSR count). The summed E-state index contributed by atoms with van der Waals surface area (Å²) in [6.07, 6.45) is 6.73. The number of hydrogen-bond acceptors (Lipinski definition) is 11. The standard InChI is InChI=1S/C36H34FN7O7/c1-42-12-8-23-28(6-9-39-33(23)42)44-35(46)25(34(45)41-36(44)47)21-40-22-4-5-30(26(37)18-22)51-29-7-10-38-27-20-32(31(48-2)19-24(27)29)50-15-3-11-43-13-16-49-17-14-43/h4-10,12,18-21,40H,3,11,13-17H2,1-2H3,(H,41,45,47)/b25-21+. The number of pyridine rings is 2. The van der Waals surface area contributed by atoms with Crippen molar-refractivity contribution in [1.82, 2.24) is 24.8 Å².